The standard InChI is InChI=1S/C14H23NO/c1-3-11-7-8-12(10-11)14(15-4-2)13-6-5-9-16-13/h5-6,9,11-12,14-15H,3-4,7-8,10H2,1-2H3. The first-order chi connectivity index (χ1) is 7.85. The maximum Gasteiger partial charge on any atom is 0.120 e. The molecule has 1 aromatic heterocycles. The fourth-order valence-corrected chi connectivity index (χ4v) is 2.97. The fraction of sp³-hybridized carbons (Fsp3) is 0.714. The van der Waals surface area contributed by atoms with E-state index in [9.17, 15) is 0 Å². The molecule has 2 heteroatoms. The van der Waals surface area contributed by atoms with Crippen molar-refractivity contribution in [3.8, 4) is 0 Å². The first-order valence-corrected chi connectivity index (χ1v) is 6.61. The van der Waals surface area contributed by atoms with Crippen LogP contribution in [-0.4, -0.2) is 6.54 Å². The van der Waals surface area contributed by atoms with Gasteiger partial charge in [-0.1, -0.05) is 26.7 Å². The van der Waals surface area contributed by atoms with Crippen molar-refractivity contribution in [3.63, 3.8) is 0 Å². The molecule has 0 spiro atoms. The first-order valence-electron chi connectivity index (χ1n) is 6.61. The van der Waals surface area contributed by atoms with Gasteiger partial charge in [0.2, 0.25) is 0 Å². The van der Waals surface area contributed by atoms with Crippen LogP contribution in [-0.2, 0) is 0 Å². The van der Waals surface area contributed by atoms with Crippen molar-refractivity contribution in [1.82, 2.24) is 5.32 Å². The largest absolute Gasteiger partial charge is 0.468 e. The summed E-state index contributed by atoms with van der Waals surface area (Å²) in [6.45, 7) is 5.49. The third kappa shape index (κ3) is 2.49. The lowest BCUT2D eigenvalue weighted by molar-refractivity contribution is 0.309. The summed E-state index contributed by atoms with van der Waals surface area (Å²) in [5.41, 5.74) is 0. The molecule has 1 N–H and O–H groups in total. The van der Waals surface area contributed by atoms with E-state index in [1.54, 1.807) is 6.26 Å². The van der Waals surface area contributed by atoms with Crippen LogP contribution in [0.25, 0.3) is 0 Å². The van der Waals surface area contributed by atoms with Crippen LogP contribution in [0.1, 0.15) is 51.3 Å². The van der Waals surface area contributed by atoms with E-state index in [0.717, 1.165) is 24.1 Å². The van der Waals surface area contributed by atoms with E-state index in [4.69, 9.17) is 4.42 Å². The Morgan fingerprint density at radius 3 is 2.88 bits per heavy atom. The molecule has 1 aromatic rings. The van der Waals surface area contributed by atoms with Crippen molar-refractivity contribution < 1.29 is 4.42 Å². The predicted molar refractivity (Wildman–Crippen MR) is 66.2 cm³/mol. The maximum atomic E-state index is 5.57. The number of nitrogens with one attached hydrogen (secondary N) is 1. The van der Waals surface area contributed by atoms with E-state index < -0.39 is 0 Å². The van der Waals surface area contributed by atoms with Crippen LogP contribution in [0.3, 0.4) is 0 Å². The zero-order chi connectivity index (χ0) is 11.4. The molecule has 0 radical (unpaired) electrons. The highest BCUT2D eigenvalue weighted by molar-refractivity contribution is 5.07. The molecule has 0 amide bonds. The summed E-state index contributed by atoms with van der Waals surface area (Å²) in [6.07, 6.45) is 7.20. The molecular formula is C14H23NO. The van der Waals surface area contributed by atoms with Crippen molar-refractivity contribution in [2.45, 2.75) is 45.6 Å². The highest BCUT2D eigenvalue weighted by atomic mass is 16.3. The minimum Gasteiger partial charge on any atom is -0.468 e. The van der Waals surface area contributed by atoms with Crippen LogP contribution in [0.15, 0.2) is 22.8 Å². The Bertz CT molecular complexity index is 294. The topological polar surface area (TPSA) is 25.2 Å². The second kappa shape index (κ2) is 5.53. The van der Waals surface area contributed by atoms with Crippen LogP contribution in [0, 0.1) is 11.8 Å². The zero-order valence-electron chi connectivity index (χ0n) is 10.4. The number of rotatable bonds is 5. The molecule has 0 bridgehead atoms. The summed E-state index contributed by atoms with van der Waals surface area (Å²) in [4.78, 5) is 0. The van der Waals surface area contributed by atoms with Gasteiger partial charge < -0.3 is 9.73 Å². The van der Waals surface area contributed by atoms with Crippen LogP contribution < -0.4 is 5.32 Å². The molecule has 0 aliphatic heterocycles. The average Bonchev–Trinajstić information content (AvgIpc) is 2.97. The Morgan fingerprint density at radius 2 is 2.31 bits per heavy atom. The van der Waals surface area contributed by atoms with Crippen molar-refractivity contribution in [1.29, 1.82) is 0 Å². The highest BCUT2D eigenvalue weighted by Crippen LogP contribution is 2.40. The molecule has 2 nitrogen and oxygen atoms in total. The molecule has 0 aromatic carbocycles. The Balaban J connectivity index is 2.03. The van der Waals surface area contributed by atoms with Crippen LogP contribution >= 0.6 is 0 Å². The molecule has 2 rings (SSSR count). The number of hydrogen-bond acceptors (Lipinski definition) is 2. The minimum atomic E-state index is 0.427. The summed E-state index contributed by atoms with van der Waals surface area (Å²) >= 11 is 0. The lowest BCUT2D eigenvalue weighted by atomic mass is 9.94. The second-order valence-corrected chi connectivity index (χ2v) is 4.90. The summed E-state index contributed by atoms with van der Waals surface area (Å²) in [5, 5.41) is 3.58. The second-order valence-electron chi connectivity index (χ2n) is 4.90. The van der Waals surface area contributed by atoms with Gasteiger partial charge in [0.15, 0.2) is 0 Å². The maximum absolute atomic E-state index is 5.57. The minimum absolute atomic E-state index is 0.427. The Labute approximate surface area is 98.4 Å². The van der Waals surface area contributed by atoms with Gasteiger partial charge in [-0.2, -0.15) is 0 Å². The smallest absolute Gasteiger partial charge is 0.120 e. The number of hydrogen-bond donors (Lipinski definition) is 1. The molecular weight excluding hydrogens is 198 g/mol. The van der Waals surface area contributed by atoms with E-state index in [2.05, 4.69) is 25.2 Å². The summed E-state index contributed by atoms with van der Waals surface area (Å²) in [5.74, 6) is 2.81. The quantitative estimate of drug-likeness (QED) is 0.819. The Hall–Kier alpha value is -0.760. The molecule has 3 atom stereocenters. The lowest BCUT2D eigenvalue weighted by Crippen LogP contribution is -2.26. The van der Waals surface area contributed by atoms with Gasteiger partial charge in [0, 0.05) is 0 Å². The van der Waals surface area contributed by atoms with Gasteiger partial charge in [0.05, 0.1) is 12.3 Å². The van der Waals surface area contributed by atoms with Crippen molar-refractivity contribution in [3.05, 3.63) is 24.2 Å². The highest BCUT2D eigenvalue weighted by Gasteiger charge is 2.31. The van der Waals surface area contributed by atoms with E-state index in [1.807, 2.05) is 6.07 Å². The Kier molecular flexibility index (Phi) is 4.05. The van der Waals surface area contributed by atoms with E-state index in [0.29, 0.717) is 6.04 Å². The summed E-state index contributed by atoms with van der Waals surface area (Å²) < 4.78 is 5.57. The van der Waals surface area contributed by atoms with E-state index in [-0.39, 0.29) is 0 Å². The van der Waals surface area contributed by atoms with Crippen LogP contribution in [0.4, 0.5) is 0 Å². The molecule has 1 heterocycles. The molecule has 90 valence electrons. The molecule has 1 saturated carbocycles. The van der Waals surface area contributed by atoms with E-state index >= 15 is 0 Å². The van der Waals surface area contributed by atoms with Crippen molar-refractivity contribution in [2.24, 2.45) is 11.8 Å². The van der Waals surface area contributed by atoms with Gasteiger partial charge in [-0.25, -0.2) is 0 Å². The van der Waals surface area contributed by atoms with Gasteiger partial charge in [0.25, 0.3) is 0 Å². The molecule has 0 saturated heterocycles. The van der Waals surface area contributed by atoms with Gasteiger partial charge >= 0.3 is 0 Å². The monoisotopic (exact) mass is 221 g/mol. The summed E-state index contributed by atoms with van der Waals surface area (Å²) in [6, 6.07) is 4.52. The van der Waals surface area contributed by atoms with Gasteiger partial charge in [0.1, 0.15) is 5.76 Å². The van der Waals surface area contributed by atoms with Gasteiger partial charge in [-0.05, 0) is 43.4 Å². The molecule has 1 aliphatic rings. The normalized spacial score (nSPS) is 27.1. The average molecular weight is 221 g/mol. The molecule has 1 aliphatic carbocycles. The molecule has 1 fully saturated rings. The third-order valence-electron chi connectivity index (χ3n) is 3.90. The predicted octanol–water partition coefficient (Wildman–Crippen LogP) is 3.76. The lowest BCUT2D eigenvalue weighted by Gasteiger charge is -2.22. The first kappa shape index (κ1) is 11.7. The SMILES string of the molecule is CCNC(c1ccco1)C1CCC(CC)C1. The zero-order valence-corrected chi connectivity index (χ0v) is 10.4. The van der Waals surface area contributed by atoms with Crippen molar-refractivity contribution >= 4 is 0 Å². The van der Waals surface area contributed by atoms with Crippen molar-refractivity contribution in [2.75, 3.05) is 6.54 Å². The van der Waals surface area contributed by atoms with Gasteiger partial charge in [-0.15, -0.1) is 0 Å². The Morgan fingerprint density at radius 1 is 1.44 bits per heavy atom. The van der Waals surface area contributed by atoms with Crippen LogP contribution in [0.2, 0.25) is 0 Å². The fourth-order valence-electron chi connectivity index (χ4n) is 2.97. The van der Waals surface area contributed by atoms with Gasteiger partial charge in [-0.3, -0.25) is 0 Å². The molecule has 3 unspecified atom stereocenters. The van der Waals surface area contributed by atoms with E-state index in [1.165, 1.54) is 25.7 Å². The van der Waals surface area contributed by atoms with Crippen LogP contribution in [0.5, 0.6) is 0 Å². The third-order valence-corrected chi connectivity index (χ3v) is 3.90. The summed E-state index contributed by atoms with van der Waals surface area (Å²) in [7, 11) is 0. The molecule has 16 heavy (non-hydrogen) atoms. The number of furan rings is 1.